The van der Waals surface area contributed by atoms with E-state index in [4.69, 9.17) is 4.74 Å². The molecule has 1 N–H and O–H groups in total. The molecule has 0 aromatic heterocycles. The number of methoxy groups -OCH3 is 1. The minimum atomic E-state index is -0.770. The van der Waals surface area contributed by atoms with Crippen molar-refractivity contribution in [1.29, 1.82) is 0 Å². The smallest absolute Gasteiger partial charge is 0.310 e. The number of ether oxygens (including phenoxy) is 1. The molecule has 1 atom stereocenters. The van der Waals surface area contributed by atoms with Gasteiger partial charge in [-0.25, -0.2) is 4.39 Å². The van der Waals surface area contributed by atoms with Gasteiger partial charge in [-0.3, -0.25) is 9.69 Å². The fourth-order valence-corrected chi connectivity index (χ4v) is 2.77. The third kappa shape index (κ3) is 3.10. The Labute approximate surface area is 118 Å². The van der Waals surface area contributed by atoms with Gasteiger partial charge in [-0.2, -0.15) is 0 Å². The number of aliphatic carboxylic acids is 1. The Kier molecular flexibility index (Phi) is 4.28. The summed E-state index contributed by atoms with van der Waals surface area (Å²) in [5.41, 5.74) is 0.0286. The topological polar surface area (TPSA) is 49.8 Å². The van der Waals surface area contributed by atoms with Crippen LogP contribution in [0.5, 0.6) is 5.75 Å². The second-order valence-electron chi connectivity index (χ2n) is 5.64. The molecule has 20 heavy (non-hydrogen) atoms. The number of carboxylic acids is 1. The standard InChI is InChI=1S/C15H20FNO3/c1-15(14(18)19)6-3-7-17(10-15)9-11-8-12(16)4-5-13(11)20-2/h4-5,8H,3,6-7,9-10H2,1-2H3,(H,18,19). The summed E-state index contributed by atoms with van der Waals surface area (Å²) in [6.07, 6.45) is 1.51. The monoisotopic (exact) mass is 281 g/mol. The second kappa shape index (κ2) is 5.79. The summed E-state index contributed by atoms with van der Waals surface area (Å²) in [7, 11) is 1.55. The van der Waals surface area contributed by atoms with E-state index in [1.54, 1.807) is 20.1 Å². The lowest BCUT2D eigenvalue weighted by Gasteiger charge is -2.37. The molecule has 5 heteroatoms. The van der Waals surface area contributed by atoms with Gasteiger partial charge in [-0.15, -0.1) is 0 Å². The van der Waals surface area contributed by atoms with E-state index in [-0.39, 0.29) is 5.82 Å². The lowest BCUT2D eigenvalue weighted by atomic mass is 9.82. The van der Waals surface area contributed by atoms with Gasteiger partial charge in [0.05, 0.1) is 12.5 Å². The number of carboxylic acid groups (broad SMARTS) is 1. The minimum absolute atomic E-state index is 0.307. The molecule has 0 radical (unpaired) electrons. The van der Waals surface area contributed by atoms with E-state index in [1.165, 1.54) is 12.1 Å². The molecular weight excluding hydrogens is 261 g/mol. The number of carbonyl (C=O) groups is 1. The summed E-state index contributed by atoms with van der Waals surface area (Å²) in [5.74, 6) is -0.443. The van der Waals surface area contributed by atoms with Crippen molar-refractivity contribution in [2.75, 3.05) is 20.2 Å². The number of hydrogen-bond acceptors (Lipinski definition) is 3. The highest BCUT2D eigenvalue weighted by Gasteiger charge is 2.37. The van der Waals surface area contributed by atoms with Crippen molar-refractivity contribution in [2.45, 2.75) is 26.3 Å². The average Bonchev–Trinajstić information content (AvgIpc) is 2.39. The Morgan fingerprint density at radius 2 is 2.30 bits per heavy atom. The second-order valence-corrected chi connectivity index (χ2v) is 5.64. The van der Waals surface area contributed by atoms with Crippen molar-refractivity contribution in [1.82, 2.24) is 4.90 Å². The Hall–Kier alpha value is -1.62. The number of hydrogen-bond donors (Lipinski definition) is 1. The molecular formula is C15H20FNO3. The number of piperidine rings is 1. The first kappa shape index (κ1) is 14.8. The van der Waals surface area contributed by atoms with Crippen LogP contribution in [0, 0.1) is 11.2 Å². The van der Waals surface area contributed by atoms with E-state index in [9.17, 15) is 14.3 Å². The van der Waals surface area contributed by atoms with Gasteiger partial charge < -0.3 is 9.84 Å². The largest absolute Gasteiger partial charge is 0.496 e. The van der Waals surface area contributed by atoms with Crippen LogP contribution in [0.1, 0.15) is 25.3 Å². The van der Waals surface area contributed by atoms with Crippen molar-refractivity contribution in [3.8, 4) is 5.75 Å². The van der Waals surface area contributed by atoms with Gasteiger partial charge in [0.15, 0.2) is 0 Å². The molecule has 0 aliphatic carbocycles. The highest BCUT2D eigenvalue weighted by molar-refractivity contribution is 5.74. The molecule has 0 amide bonds. The van der Waals surface area contributed by atoms with Crippen LogP contribution in [-0.2, 0) is 11.3 Å². The zero-order valence-electron chi connectivity index (χ0n) is 11.9. The summed E-state index contributed by atoms with van der Waals surface area (Å²) in [4.78, 5) is 13.4. The predicted molar refractivity (Wildman–Crippen MR) is 73.2 cm³/mol. The molecule has 1 unspecified atom stereocenters. The fourth-order valence-electron chi connectivity index (χ4n) is 2.77. The quantitative estimate of drug-likeness (QED) is 0.921. The molecule has 1 heterocycles. The molecule has 1 aromatic carbocycles. The Bertz CT molecular complexity index is 506. The van der Waals surface area contributed by atoms with Gasteiger partial charge in [0.25, 0.3) is 0 Å². The lowest BCUT2D eigenvalue weighted by Crippen LogP contribution is -2.45. The molecule has 1 aliphatic heterocycles. The number of halogens is 1. The molecule has 1 aliphatic rings. The van der Waals surface area contributed by atoms with Crippen molar-refractivity contribution in [2.24, 2.45) is 5.41 Å². The molecule has 1 saturated heterocycles. The van der Waals surface area contributed by atoms with Gasteiger partial charge in [0.2, 0.25) is 0 Å². The number of likely N-dealkylation sites (tertiary alicyclic amines) is 1. The van der Waals surface area contributed by atoms with E-state index in [0.717, 1.165) is 18.5 Å². The van der Waals surface area contributed by atoms with Crippen LogP contribution in [0.2, 0.25) is 0 Å². The third-order valence-electron chi connectivity index (χ3n) is 3.93. The maximum atomic E-state index is 13.3. The fraction of sp³-hybridized carbons (Fsp3) is 0.533. The van der Waals surface area contributed by atoms with Gasteiger partial charge >= 0.3 is 5.97 Å². The molecule has 0 bridgehead atoms. The molecule has 110 valence electrons. The number of nitrogens with zero attached hydrogens (tertiary/aromatic N) is 1. The SMILES string of the molecule is COc1ccc(F)cc1CN1CCCC(C)(C(=O)O)C1. The van der Waals surface area contributed by atoms with Gasteiger partial charge in [0, 0.05) is 18.7 Å². The van der Waals surface area contributed by atoms with E-state index in [1.807, 2.05) is 0 Å². The predicted octanol–water partition coefficient (Wildman–Crippen LogP) is 2.52. The van der Waals surface area contributed by atoms with Gasteiger partial charge in [0.1, 0.15) is 11.6 Å². The summed E-state index contributed by atoms with van der Waals surface area (Å²) < 4.78 is 18.6. The molecule has 0 spiro atoms. The first-order valence-electron chi connectivity index (χ1n) is 6.73. The van der Waals surface area contributed by atoms with Crippen LogP contribution < -0.4 is 4.74 Å². The van der Waals surface area contributed by atoms with Crippen LogP contribution in [-0.4, -0.2) is 36.2 Å². The van der Waals surface area contributed by atoms with Gasteiger partial charge in [-0.1, -0.05) is 0 Å². The van der Waals surface area contributed by atoms with E-state index < -0.39 is 11.4 Å². The Balaban J connectivity index is 2.14. The molecule has 0 saturated carbocycles. The zero-order chi connectivity index (χ0) is 14.8. The summed E-state index contributed by atoms with van der Waals surface area (Å²) in [6.45, 7) is 3.57. The molecule has 1 aromatic rings. The maximum absolute atomic E-state index is 13.3. The lowest BCUT2D eigenvalue weighted by molar-refractivity contribution is -0.151. The Morgan fingerprint density at radius 1 is 1.55 bits per heavy atom. The van der Waals surface area contributed by atoms with Crippen molar-refractivity contribution < 1.29 is 19.0 Å². The maximum Gasteiger partial charge on any atom is 0.310 e. The zero-order valence-corrected chi connectivity index (χ0v) is 11.9. The van der Waals surface area contributed by atoms with Crippen LogP contribution >= 0.6 is 0 Å². The van der Waals surface area contributed by atoms with E-state index >= 15 is 0 Å². The van der Waals surface area contributed by atoms with Crippen LogP contribution in [0.15, 0.2) is 18.2 Å². The third-order valence-corrected chi connectivity index (χ3v) is 3.93. The van der Waals surface area contributed by atoms with E-state index in [2.05, 4.69) is 4.90 Å². The highest BCUT2D eigenvalue weighted by atomic mass is 19.1. The van der Waals surface area contributed by atoms with Crippen LogP contribution in [0.3, 0.4) is 0 Å². The van der Waals surface area contributed by atoms with Crippen molar-refractivity contribution >= 4 is 5.97 Å². The molecule has 1 fully saturated rings. The normalized spacial score (nSPS) is 23.6. The highest BCUT2D eigenvalue weighted by Crippen LogP contribution is 2.31. The van der Waals surface area contributed by atoms with Gasteiger partial charge in [-0.05, 0) is 44.5 Å². The van der Waals surface area contributed by atoms with Crippen LogP contribution in [0.4, 0.5) is 4.39 Å². The van der Waals surface area contributed by atoms with Crippen LogP contribution in [0.25, 0.3) is 0 Å². The minimum Gasteiger partial charge on any atom is -0.496 e. The summed E-state index contributed by atoms with van der Waals surface area (Å²) >= 11 is 0. The molecule has 4 nitrogen and oxygen atoms in total. The summed E-state index contributed by atoms with van der Waals surface area (Å²) in [5, 5.41) is 9.31. The first-order valence-corrected chi connectivity index (χ1v) is 6.73. The number of rotatable bonds is 4. The van der Waals surface area contributed by atoms with Crippen molar-refractivity contribution in [3.63, 3.8) is 0 Å². The Morgan fingerprint density at radius 3 is 2.95 bits per heavy atom. The number of benzene rings is 1. The summed E-state index contributed by atoms with van der Waals surface area (Å²) in [6, 6.07) is 4.41. The molecule has 2 rings (SSSR count). The van der Waals surface area contributed by atoms with E-state index in [0.29, 0.717) is 25.3 Å². The first-order chi connectivity index (χ1) is 9.44. The average molecular weight is 281 g/mol. The van der Waals surface area contributed by atoms with Crippen molar-refractivity contribution in [3.05, 3.63) is 29.6 Å².